The zero-order valence-corrected chi connectivity index (χ0v) is 16.2. The number of nitrogens with zero attached hydrogens (tertiary/aromatic N) is 3. The average molecular weight is 380 g/mol. The molecule has 3 aromatic rings. The highest BCUT2D eigenvalue weighted by Crippen LogP contribution is 2.28. The molecule has 1 aromatic heterocycles. The van der Waals surface area contributed by atoms with Gasteiger partial charge >= 0.3 is 0 Å². The third-order valence-corrected chi connectivity index (χ3v) is 5.17. The van der Waals surface area contributed by atoms with E-state index in [0.717, 1.165) is 48.3 Å². The molecule has 0 saturated carbocycles. The summed E-state index contributed by atoms with van der Waals surface area (Å²) in [6.45, 7) is 6.58. The standard InChI is InChI=1S/C22H25FN4O/c1-15(2)27-12-10-19(11-13-27)28-20-5-3-4-16-14-24-22(26-21(16)20)25-18-8-6-17(23)7-9-18/h3-9,14-15,19H,10-13H2,1-2H3,(H,24,25,26). The van der Waals surface area contributed by atoms with Gasteiger partial charge in [0.15, 0.2) is 0 Å². The Morgan fingerprint density at radius 1 is 1.11 bits per heavy atom. The molecule has 146 valence electrons. The van der Waals surface area contributed by atoms with E-state index < -0.39 is 0 Å². The summed E-state index contributed by atoms with van der Waals surface area (Å²) in [6.07, 6.45) is 4.01. The lowest BCUT2D eigenvalue weighted by Crippen LogP contribution is -2.41. The third-order valence-electron chi connectivity index (χ3n) is 5.17. The molecule has 0 spiro atoms. The molecule has 0 amide bonds. The first kappa shape index (κ1) is 18.6. The van der Waals surface area contributed by atoms with Gasteiger partial charge in [0.2, 0.25) is 5.95 Å². The van der Waals surface area contributed by atoms with Crippen molar-refractivity contribution in [2.45, 2.75) is 38.8 Å². The fourth-order valence-electron chi connectivity index (χ4n) is 3.54. The van der Waals surface area contributed by atoms with E-state index in [1.54, 1.807) is 18.3 Å². The van der Waals surface area contributed by atoms with Crippen LogP contribution in [0.4, 0.5) is 16.0 Å². The van der Waals surface area contributed by atoms with Gasteiger partial charge in [-0.25, -0.2) is 14.4 Å². The van der Waals surface area contributed by atoms with Crippen LogP contribution in [0.2, 0.25) is 0 Å². The zero-order valence-electron chi connectivity index (χ0n) is 16.2. The normalized spacial score (nSPS) is 15.9. The summed E-state index contributed by atoms with van der Waals surface area (Å²) < 4.78 is 19.4. The lowest BCUT2D eigenvalue weighted by Gasteiger charge is -2.34. The predicted octanol–water partition coefficient (Wildman–Crippen LogP) is 4.76. The van der Waals surface area contributed by atoms with Crippen molar-refractivity contribution < 1.29 is 9.13 Å². The largest absolute Gasteiger partial charge is 0.488 e. The van der Waals surface area contributed by atoms with Crippen LogP contribution in [-0.2, 0) is 0 Å². The van der Waals surface area contributed by atoms with Crippen LogP contribution in [0.15, 0.2) is 48.7 Å². The SMILES string of the molecule is CC(C)N1CCC(Oc2cccc3cnc(Nc4ccc(F)cc4)nc23)CC1. The molecule has 0 radical (unpaired) electrons. The summed E-state index contributed by atoms with van der Waals surface area (Å²) >= 11 is 0. The van der Waals surface area contributed by atoms with Crippen molar-refractivity contribution in [2.75, 3.05) is 18.4 Å². The summed E-state index contributed by atoms with van der Waals surface area (Å²) in [6, 6.07) is 12.6. The van der Waals surface area contributed by atoms with Gasteiger partial charge in [0.1, 0.15) is 23.2 Å². The molecule has 2 heterocycles. The Kier molecular flexibility index (Phi) is 5.39. The molecule has 1 aliphatic heterocycles. The molecule has 4 rings (SSSR count). The zero-order chi connectivity index (χ0) is 19.5. The highest BCUT2D eigenvalue weighted by atomic mass is 19.1. The van der Waals surface area contributed by atoms with Crippen LogP contribution in [0.1, 0.15) is 26.7 Å². The van der Waals surface area contributed by atoms with E-state index >= 15 is 0 Å². The van der Waals surface area contributed by atoms with Gasteiger partial charge in [-0.2, -0.15) is 0 Å². The van der Waals surface area contributed by atoms with Crippen LogP contribution in [0.25, 0.3) is 10.9 Å². The first-order chi connectivity index (χ1) is 13.6. The number of nitrogens with one attached hydrogen (secondary N) is 1. The number of likely N-dealkylation sites (tertiary alicyclic amines) is 1. The number of para-hydroxylation sites is 1. The summed E-state index contributed by atoms with van der Waals surface area (Å²) in [7, 11) is 0. The first-order valence-corrected chi connectivity index (χ1v) is 9.77. The maximum atomic E-state index is 13.1. The molecule has 28 heavy (non-hydrogen) atoms. The Labute approximate surface area is 164 Å². The molecule has 1 aliphatic rings. The van der Waals surface area contributed by atoms with E-state index in [9.17, 15) is 4.39 Å². The van der Waals surface area contributed by atoms with E-state index in [1.165, 1.54) is 12.1 Å². The topological polar surface area (TPSA) is 50.3 Å². The lowest BCUT2D eigenvalue weighted by molar-refractivity contribution is 0.0852. The summed E-state index contributed by atoms with van der Waals surface area (Å²) in [5, 5.41) is 4.05. The molecule has 0 bridgehead atoms. The Hall–Kier alpha value is -2.73. The van der Waals surface area contributed by atoms with Crippen molar-refractivity contribution in [1.82, 2.24) is 14.9 Å². The number of piperidine rings is 1. The highest BCUT2D eigenvalue weighted by Gasteiger charge is 2.22. The number of rotatable bonds is 5. The van der Waals surface area contributed by atoms with Crippen LogP contribution in [0.3, 0.4) is 0 Å². The van der Waals surface area contributed by atoms with Crippen LogP contribution >= 0.6 is 0 Å². The second kappa shape index (κ2) is 8.10. The molecule has 0 atom stereocenters. The predicted molar refractivity (Wildman–Crippen MR) is 110 cm³/mol. The number of aromatic nitrogens is 2. The fraction of sp³-hybridized carbons (Fsp3) is 0.364. The molecule has 0 aliphatic carbocycles. The third kappa shape index (κ3) is 4.22. The van der Waals surface area contributed by atoms with Gasteiger partial charge < -0.3 is 15.0 Å². The van der Waals surface area contributed by atoms with Gasteiger partial charge in [-0.05, 0) is 57.0 Å². The number of anilines is 2. The second-order valence-corrected chi connectivity index (χ2v) is 7.47. The van der Waals surface area contributed by atoms with Crippen LogP contribution in [-0.4, -0.2) is 40.1 Å². The summed E-state index contributed by atoms with van der Waals surface area (Å²) in [5.74, 6) is 0.971. The van der Waals surface area contributed by atoms with E-state index in [1.807, 2.05) is 18.2 Å². The van der Waals surface area contributed by atoms with Crippen molar-refractivity contribution in [3.05, 3.63) is 54.5 Å². The van der Waals surface area contributed by atoms with Gasteiger partial charge in [0.05, 0.1) is 0 Å². The second-order valence-electron chi connectivity index (χ2n) is 7.47. The highest BCUT2D eigenvalue weighted by molar-refractivity contribution is 5.84. The molecular weight excluding hydrogens is 355 g/mol. The molecule has 6 heteroatoms. The van der Waals surface area contributed by atoms with Crippen molar-refractivity contribution in [1.29, 1.82) is 0 Å². The van der Waals surface area contributed by atoms with Crippen LogP contribution in [0.5, 0.6) is 5.75 Å². The number of fused-ring (bicyclic) bond motifs is 1. The Morgan fingerprint density at radius 2 is 1.86 bits per heavy atom. The van der Waals surface area contributed by atoms with Gasteiger partial charge in [0.25, 0.3) is 0 Å². The molecular formula is C22H25FN4O. The average Bonchev–Trinajstić information content (AvgIpc) is 2.70. The quantitative estimate of drug-likeness (QED) is 0.691. The Balaban J connectivity index is 1.53. The Bertz CT molecular complexity index is 937. The monoisotopic (exact) mass is 380 g/mol. The number of ether oxygens (including phenoxy) is 1. The van der Waals surface area contributed by atoms with E-state index in [0.29, 0.717) is 12.0 Å². The molecule has 0 unspecified atom stereocenters. The van der Waals surface area contributed by atoms with Gasteiger partial charge in [0, 0.05) is 36.4 Å². The van der Waals surface area contributed by atoms with Gasteiger partial charge in [-0.1, -0.05) is 12.1 Å². The van der Waals surface area contributed by atoms with E-state index in [4.69, 9.17) is 4.74 Å². The molecule has 1 saturated heterocycles. The van der Waals surface area contributed by atoms with Gasteiger partial charge in [-0.3, -0.25) is 0 Å². The fourth-order valence-corrected chi connectivity index (χ4v) is 3.54. The Morgan fingerprint density at radius 3 is 2.57 bits per heavy atom. The number of halogens is 1. The summed E-state index contributed by atoms with van der Waals surface area (Å²) in [5.41, 5.74) is 1.52. The van der Waals surface area contributed by atoms with Crippen molar-refractivity contribution in [3.8, 4) is 5.75 Å². The number of benzene rings is 2. The van der Waals surface area contributed by atoms with Crippen molar-refractivity contribution in [3.63, 3.8) is 0 Å². The van der Waals surface area contributed by atoms with Crippen molar-refractivity contribution >= 4 is 22.5 Å². The maximum Gasteiger partial charge on any atom is 0.227 e. The minimum absolute atomic E-state index is 0.198. The smallest absolute Gasteiger partial charge is 0.227 e. The minimum atomic E-state index is -0.274. The number of hydrogen-bond acceptors (Lipinski definition) is 5. The summed E-state index contributed by atoms with van der Waals surface area (Å²) in [4.78, 5) is 11.5. The van der Waals surface area contributed by atoms with Gasteiger partial charge in [-0.15, -0.1) is 0 Å². The van der Waals surface area contributed by atoms with E-state index in [2.05, 4.69) is 34.0 Å². The maximum absolute atomic E-state index is 13.1. The first-order valence-electron chi connectivity index (χ1n) is 9.77. The molecule has 2 aromatic carbocycles. The minimum Gasteiger partial charge on any atom is -0.488 e. The van der Waals surface area contributed by atoms with E-state index in [-0.39, 0.29) is 11.9 Å². The molecule has 1 fully saturated rings. The molecule has 5 nitrogen and oxygen atoms in total. The lowest BCUT2D eigenvalue weighted by atomic mass is 10.1. The number of hydrogen-bond donors (Lipinski definition) is 1. The van der Waals surface area contributed by atoms with Crippen LogP contribution in [0, 0.1) is 5.82 Å². The molecule has 1 N–H and O–H groups in total. The van der Waals surface area contributed by atoms with Crippen molar-refractivity contribution in [2.24, 2.45) is 0 Å². The van der Waals surface area contributed by atoms with Crippen LogP contribution < -0.4 is 10.1 Å².